The monoisotopic (exact) mass is 237 g/mol. The summed E-state index contributed by atoms with van der Waals surface area (Å²) >= 11 is 0. The van der Waals surface area contributed by atoms with Crippen LogP contribution in [0.15, 0.2) is 12.4 Å². The molecule has 0 bridgehead atoms. The second kappa shape index (κ2) is 4.87. The molecule has 2 N–H and O–H groups in total. The molecule has 94 valence electrons. The number of carbonyl (C=O) groups is 1. The highest BCUT2D eigenvalue weighted by molar-refractivity contribution is 5.97. The van der Waals surface area contributed by atoms with Gasteiger partial charge in [-0.05, 0) is 32.1 Å². The summed E-state index contributed by atoms with van der Waals surface area (Å²) in [6.45, 7) is 2.90. The Kier molecular flexibility index (Phi) is 3.47. The maximum atomic E-state index is 11.9. The summed E-state index contributed by atoms with van der Waals surface area (Å²) in [4.78, 5) is 11.9. The second-order valence-electron chi connectivity index (χ2n) is 4.68. The first kappa shape index (κ1) is 12.1. The number of nitrogens with one attached hydrogen (secondary N) is 1. The fourth-order valence-electron chi connectivity index (χ4n) is 2.21. The van der Waals surface area contributed by atoms with Crippen LogP contribution in [-0.2, 0) is 11.3 Å². The van der Waals surface area contributed by atoms with Gasteiger partial charge in [0.2, 0.25) is 0 Å². The standard InChI is InChI=1S/C12H19N3O2/c1-2-7-15-9-10(8-13-15)14-11(16)12(17)5-3-4-6-12/h8-9,17H,2-7H2,1H3,(H,14,16). The lowest BCUT2D eigenvalue weighted by molar-refractivity contribution is -0.133. The summed E-state index contributed by atoms with van der Waals surface area (Å²) in [7, 11) is 0. The summed E-state index contributed by atoms with van der Waals surface area (Å²) in [6, 6.07) is 0. The minimum atomic E-state index is -1.17. The molecule has 1 amide bonds. The molecule has 1 aromatic heterocycles. The number of hydrogen-bond acceptors (Lipinski definition) is 3. The molecule has 0 radical (unpaired) electrons. The van der Waals surface area contributed by atoms with E-state index in [-0.39, 0.29) is 5.91 Å². The topological polar surface area (TPSA) is 67.2 Å². The molecule has 1 aromatic rings. The molecule has 0 aromatic carbocycles. The molecule has 5 heteroatoms. The smallest absolute Gasteiger partial charge is 0.256 e. The van der Waals surface area contributed by atoms with Crippen LogP contribution in [0.1, 0.15) is 39.0 Å². The summed E-state index contributed by atoms with van der Waals surface area (Å²) in [5.74, 6) is -0.300. The van der Waals surface area contributed by atoms with Gasteiger partial charge in [-0.25, -0.2) is 0 Å². The maximum Gasteiger partial charge on any atom is 0.256 e. The van der Waals surface area contributed by atoms with Crippen LogP contribution in [0.3, 0.4) is 0 Å². The molecule has 2 rings (SSSR count). The average Bonchev–Trinajstić information content (AvgIpc) is 2.90. The molecule has 1 fully saturated rings. The molecule has 0 spiro atoms. The molecule has 0 saturated heterocycles. The van der Waals surface area contributed by atoms with Crippen LogP contribution in [-0.4, -0.2) is 26.4 Å². The lowest BCUT2D eigenvalue weighted by Crippen LogP contribution is -2.40. The predicted octanol–water partition coefficient (Wildman–Crippen LogP) is 1.54. The van der Waals surface area contributed by atoms with Crippen molar-refractivity contribution in [3.8, 4) is 0 Å². The Labute approximate surface area is 101 Å². The van der Waals surface area contributed by atoms with E-state index in [0.717, 1.165) is 25.8 Å². The third-order valence-corrected chi connectivity index (χ3v) is 3.20. The van der Waals surface area contributed by atoms with Gasteiger partial charge in [0.05, 0.1) is 11.9 Å². The van der Waals surface area contributed by atoms with E-state index in [1.54, 1.807) is 17.1 Å². The van der Waals surface area contributed by atoms with Crippen molar-refractivity contribution in [3.05, 3.63) is 12.4 Å². The molecule has 1 heterocycles. The number of nitrogens with zero attached hydrogens (tertiary/aromatic N) is 2. The summed E-state index contributed by atoms with van der Waals surface area (Å²) in [5, 5.41) is 17.0. The number of aryl methyl sites for hydroxylation is 1. The van der Waals surface area contributed by atoms with Gasteiger partial charge < -0.3 is 10.4 Å². The minimum absolute atomic E-state index is 0.300. The van der Waals surface area contributed by atoms with Crippen molar-refractivity contribution in [1.82, 2.24) is 9.78 Å². The van der Waals surface area contributed by atoms with Crippen LogP contribution in [0.2, 0.25) is 0 Å². The molecular formula is C12H19N3O2. The van der Waals surface area contributed by atoms with Crippen LogP contribution >= 0.6 is 0 Å². The zero-order valence-corrected chi connectivity index (χ0v) is 10.1. The van der Waals surface area contributed by atoms with Crippen LogP contribution in [0.5, 0.6) is 0 Å². The van der Waals surface area contributed by atoms with E-state index in [1.165, 1.54) is 0 Å². The SMILES string of the molecule is CCCn1cc(NC(=O)C2(O)CCCC2)cn1. The van der Waals surface area contributed by atoms with E-state index in [1.807, 2.05) is 0 Å². The zero-order valence-electron chi connectivity index (χ0n) is 10.1. The number of amides is 1. The summed E-state index contributed by atoms with van der Waals surface area (Å²) < 4.78 is 1.79. The Morgan fingerprint density at radius 2 is 2.29 bits per heavy atom. The second-order valence-corrected chi connectivity index (χ2v) is 4.68. The van der Waals surface area contributed by atoms with Crippen molar-refractivity contribution in [2.75, 3.05) is 5.32 Å². The molecule has 0 atom stereocenters. The van der Waals surface area contributed by atoms with Gasteiger partial charge in [0.1, 0.15) is 5.60 Å². The molecule has 17 heavy (non-hydrogen) atoms. The van der Waals surface area contributed by atoms with Gasteiger partial charge in [0, 0.05) is 12.7 Å². The van der Waals surface area contributed by atoms with Crippen LogP contribution < -0.4 is 5.32 Å². The highest BCUT2D eigenvalue weighted by atomic mass is 16.3. The van der Waals surface area contributed by atoms with Crippen molar-refractivity contribution in [2.45, 2.75) is 51.2 Å². The first-order valence-electron chi connectivity index (χ1n) is 6.20. The molecular weight excluding hydrogens is 218 g/mol. The third kappa shape index (κ3) is 2.66. The lowest BCUT2D eigenvalue weighted by atomic mass is 10.0. The van der Waals surface area contributed by atoms with E-state index in [4.69, 9.17) is 0 Å². The molecule has 1 aliphatic rings. The quantitative estimate of drug-likeness (QED) is 0.834. The van der Waals surface area contributed by atoms with Gasteiger partial charge >= 0.3 is 0 Å². The third-order valence-electron chi connectivity index (χ3n) is 3.20. The van der Waals surface area contributed by atoms with Crippen molar-refractivity contribution >= 4 is 11.6 Å². The zero-order chi connectivity index (χ0) is 12.3. The Morgan fingerprint density at radius 1 is 1.59 bits per heavy atom. The molecule has 1 saturated carbocycles. The molecule has 5 nitrogen and oxygen atoms in total. The van der Waals surface area contributed by atoms with Crippen molar-refractivity contribution in [2.24, 2.45) is 0 Å². The van der Waals surface area contributed by atoms with Gasteiger partial charge in [-0.1, -0.05) is 6.92 Å². The average molecular weight is 237 g/mol. The maximum absolute atomic E-state index is 11.9. The van der Waals surface area contributed by atoms with Crippen LogP contribution in [0.4, 0.5) is 5.69 Å². The largest absolute Gasteiger partial charge is 0.380 e. The van der Waals surface area contributed by atoms with E-state index < -0.39 is 5.60 Å². The number of rotatable bonds is 4. The Hall–Kier alpha value is -1.36. The first-order valence-corrected chi connectivity index (χ1v) is 6.20. The highest BCUT2D eigenvalue weighted by Gasteiger charge is 2.38. The van der Waals surface area contributed by atoms with Crippen molar-refractivity contribution in [3.63, 3.8) is 0 Å². The van der Waals surface area contributed by atoms with Crippen molar-refractivity contribution in [1.29, 1.82) is 0 Å². The normalized spacial score (nSPS) is 18.2. The van der Waals surface area contributed by atoms with Gasteiger partial charge in [0.15, 0.2) is 0 Å². The van der Waals surface area contributed by atoms with E-state index in [2.05, 4.69) is 17.3 Å². The van der Waals surface area contributed by atoms with Gasteiger partial charge in [-0.2, -0.15) is 5.10 Å². The summed E-state index contributed by atoms with van der Waals surface area (Å²) in [6.07, 6.45) is 7.35. The Morgan fingerprint density at radius 3 is 2.94 bits per heavy atom. The van der Waals surface area contributed by atoms with E-state index in [0.29, 0.717) is 18.5 Å². The van der Waals surface area contributed by atoms with Gasteiger partial charge in [-0.3, -0.25) is 9.48 Å². The fourth-order valence-corrected chi connectivity index (χ4v) is 2.21. The Balaban J connectivity index is 1.97. The molecule has 0 aliphatic heterocycles. The van der Waals surface area contributed by atoms with Crippen molar-refractivity contribution < 1.29 is 9.90 Å². The van der Waals surface area contributed by atoms with Crippen LogP contribution in [0, 0.1) is 0 Å². The fraction of sp³-hybridized carbons (Fsp3) is 0.667. The molecule has 0 unspecified atom stereocenters. The number of aliphatic hydroxyl groups is 1. The van der Waals surface area contributed by atoms with Crippen LogP contribution in [0.25, 0.3) is 0 Å². The Bertz CT molecular complexity index is 394. The summed E-state index contributed by atoms with van der Waals surface area (Å²) in [5.41, 5.74) is -0.517. The van der Waals surface area contributed by atoms with Gasteiger partial charge in [0.25, 0.3) is 5.91 Å². The predicted molar refractivity (Wildman–Crippen MR) is 64.6 cm³/mol. The minimum Gasteiger partial charge on any atom is -0.380 e. The van der Waals surface area contributed by atoms with Gasteiger partial charge in [-0.15, -0.1) is 0 Å². The highest BCUT2D eigenvalue weighted by Crippen LogP contribution is 2.30. The van der Waals surface area contributed by atoms with E-state index in [9.17, 15) is 9.90 Å². The lowest BCUT2D eigenvalue weighted by Gasteiger charge is -2.20. The number of aromatic nitrogens is 2. The first-order chi connectivity index (χ1) is 8.14. The van der Waals surface area contributed by atoms with E-state index >= 15 is 0 Å². The number of anilines is 1. The number of hydrogen-bond donors (Lipinski definition) is 2. The molecule has 1 aliphatic carbocycles. The number of carbonyl (C=O) groups excluding carboxylic acids is 1.